The topological polar surface area (TPSA) is 64.3 Å². The monoisotopic (exact) mass is 396 g/mol. The van der Waals surface area contributed by atoms with E-state index in [1.807, 2.05) is 13.0 Å². The Bertz CT molecular complexity index is 992. The van der Waals surface area contributed by atoms with Gasteiger partial charge in [-0.2, -0.15) is 0 Å². The van der Waals surface area contributed by atoms with E-state index in [9.17, 15) is 13.6 Å². The largest absolute Gasteiger partial charge is 0.457 e. The normalized spacial score (nSPS) is 14.0. The Labute approximate surface area is 168 Å². The molecule has 0 unspecified atom stereocenters. The zero-order valence-corrected chi connectivity index (χ0v) is 16.0. The number of nitrogens with two attached hydrogens (primary N) is 1. The molecule has 0 bridgehead atoms. The number of ether oxygens (including phenoxy) is 1. The zero-order chi connectivity index (χ0) is 20.8. The van der Waals surface area contributed by atoms with E-state index in [1.165, 1.54) is 36.4 Å². The number of amides is 1. The van der Waals surface area contributed by atoms with Crippen LogP contribution in [0.3, 0.4) is 0 Å². The van der Waals surface area contributed by atoms with Gasteiger partial charge in [0.15, 0.2) is 0 Å². The van der Waals surface area contributed by atoms with Crippen LogP contribution in [-0.2, 0) is 11.3 Å². The molecule has 0 aliphatic heterocycles. The van der Waals surface area contributed by atoms with Crippen LogP contribution in [0, 0.1) is 5.82 Å². The second kappa shape index (κ2) is 9.19. The van der Waals surface area contributed by atoms with Gasteiger partial charge in [-0.15, -0.1) is 0 Å². The number of halogens is 2. The fraction of sp³-hybridized carbons (Fsp3) is 0.174. The van der Waals surface area contributed by atoms with Gasteiger partial charge < -0.3 is 15.8 Å². The summed E-state index contributed by atoms with van der Waals surface area (Å²) in [7, 11) is 0. The summed E-state index contributed by atoms with van der Waals surface area (Å²) in [5.41, 5.74) is 8.02. The highest BCUT2D eigenvalue weighted by atomic mass is 19.1. The number of rotatable bonds is 6. The lowest BCUT2D eigenvalue weighted by Gasteiger charge is -2.11. The molecule has 0 atom stereocenters. The molecule has 0 fully saturated rings. The molecule has 0 spiro atoms. The van der Waals surface area contributed by atoms with E-state index in [0.717, 1.165) is 5.56 Å². The number of allylic oxidation sites excluding steroid dienone is 3. The van der Waals surface area contributed by atoms with Crippen molar-refractivity contribution in [3.8, 4) is 11.5 Å². The lowest BCUT2D eigenvalue weighted by Crippen LogP contribution is -2.26. The van der Waals surface area contributed by atoms with Crippen molar-refractivity contribution in [2.45, 2.75) is 26.3 Å². The van der Waals surface area contributed by atoms with Crippen LogP contribution >= 0.6 is 0 Å². The predicted molar refractivity (Wildman–Crippen MR) is 108 cm³/mol. The molecule has 0 saturated heterocycles. The first-order chi connectivity index (χ1) is 14.0. The third-order valence-electron chi connectivity index (χ3n) is 4.56. The van der Waals surface area contributed by atoms with E-state index in [2.05, 4.69) is 5.32 Å². The third kappa shape index (κ3) is 5.31. The maximum Gasteiger partial charge on any atom is 0.253 e. The van der Waals surface area contributed by atoms with Crippen LogP contribution in [-0.4, -0.2) is 5.91 Å². The highest BCUT2D eigenvalue weighted by molar-refractivity contribution is 5.97. The average Bonchev–Trinajstić information content (AvgIpc) is 2.86. The smallest absolute Gasteiger partial charge is 0.253 e. The summed E-state index contributed by atoms with van der Waals surface area (Å²) in [6, 6.07) is 12.9. The van der Waals surface area contributed by atoms with Crippen LogP contribution in [0.4, 0.5) is 8.78 Å². The number of nitrogens with one attached hydrogen (secondary N) is 1. The van der Waals surface area contributed by atoms with Gasteiger partial charge in [0, 0.05) is 18.7 Å². The molecule has 1 amide bonds. The fourth-order valence-electron chi connectivity index (χ4n) is 2.94. The fourth-order valence-corrected chi connectivity index (χ4v) is 2.94. The molecule has 29 heavy (non-hydrogen) atoms. The maximum atomic E-state index is 14.0. The first-order valence-electron chi connectivity index (χ1n) is 9.31. The van der Waals surface area contributed by atoms with Gasteiger partial charge in [-0.1, -0.05) is 19.1 Å². The molecule has 150 valence electrons. The van der Waals surface area contributed by atoms with E-state index in [1.54, 1.807) is 18.2 Å². The Hall–Kier alpha value is -3.41. The first kappa shape index (κ1) is 20.3. The lowest BCUT2D eigenvalue weighted by atomic mass is 10.1. The van der Waals surface area contributed by atoms with Crippen LogP contribution in [0.5, 0.6) is 11.5 Å². The van der Waals surface area contributed by atoms with Crippen molar-refractivity contribution in [2.75, 3.05) is 0 Å². The van der Waals surface area contributed by atoms with E-state index in [4.69, 9.17) is 10.5 Å². The van der Waals surface area contributed by atoms with Crippen LogP contribution in [0.1, 0.15) is 25.3 Å². The maximum absolute atomic E-state index is 14.0. The number of benzene rings is 2. The molecule has 0 heterocycles. The summed E-state index contributed by atoms with van der Waals surface area (Å²) in [6.07, 6.45) is 3.47. The van der Waals surface area contributed by atoms with Crippen molar-refractivity contribution in [3.63, 3.8) is 0 Å². The Balaban J connectivity index is 1.65. The van der Waals surface area contributed by atoms with Gasteiger partial charge in [-0.05, 0) is 66.1 Å². The molecule has 2 aromatic carbocycles. The van der Waals surface area contributed by atoms with Crippen molar-refractivity contribution in [1.82, 2.24) is 5.32 Å². The first-order valence-corrected chi connectivity index (χ1v) is 9.31. The molecule has 0 saturated carbocycles. The Morgan fingerprint density at radius 3 is 2.59 bits per heavy atom. The summed E-state index contributed by atoms with van der Waals surface area (Å²) in [6.45, 7) is 2.10. The molecule has 1 aliphatic rings. The van der Waals surface area contributed by atoms with E-state index < -0.39 is 0 Å². The van der Waals surface area contributed by atoms with E-state index >= 15 is 0 Å². The minimum absolute atomic E-state index is 0.235. The van der Waals surface area contributed by atoms with Crippen molar-refractivity contribution in [3.05, 3.63) is 94.7 Å². The quantitative estimate of drug-likeness (QED) is 0.719. The van der Waals surface area contributed by atoms with Crippen LogP contribution in [0.25, 0.3) is 0 Å². The third-order valence-corrected chi connectivity index (χ3v) is 4.56. The van der Waals surface area contributed by atoms with Gasteiger partial charge in [0.25, 0.3) is 5.91 Å². The summed E-state index contributed by atoms with van der Waals surface area (Å²) in [4.78, 5) is 12.5. The lowest BCUT2D eigenvalue weighted by molar-refractivity contribution is -0.117. The van der Waals surface area contributed by atoms with Gasteiger partial charge in [0.1, 0.15) is 23.1 Å². The molecule has 3 N–H and O–H groups in total. The number of hydrogen-bond donors (Lipinski definition) is 2. The molecule has 6 heteroatoms. The van der Waals surface area contributed by atoms with Crippen LogP contribution in [0.2, 0.25) is 0 Å². The van der Waals surface area contributed by atoms with Crippen LogP contribution < -0.4 is 15.8 Å². The SMILES string of the molecule is CCC1=C(F)C=CC(C(=O)NCc2cccc(Oc3ccc(F)cc3)c2)=C(N)C1. The van der Waals surface area contributed by atoms with Crippen molar-refractivity contribution < 1.29 is 18.3 Å². The second-order valence-corrected chi connectivity index (χ2v) is 6.64. The van der Waals surface area contributed by atoms with Gasteiger partial charge >= 0.3 is 0 Å². The molecular formula is C23H22F2N2O2. The van der Waals surface area contributed by atoms with Gasteiger partial charge in [-0.25, -0.2) is 8.78 Å². The second-order valence-electron chi connectivity index (χ2n) is 6.64. The van der Waals surface area contributed by atoms with Crippen LogP contribution in [0.15, 0.2) is 83.4 Å². The summed E-state index contributed by atoms with van der Waals surface area (Å²) in [5, 5.41) is 2.80. The van der Waals surface area contributed by atoms with Crippen molar-refractivity contribution in [2.24, 2.45) is 5.73 Å². The number of hydrogen-bond acceptors (Lipinski definition) is 3. The molecule has 2 aromatic rings. The molecule has 3 rings (SSSR count). The zero-order valence-electron chi connectivity index (χ0n) is 16.0. The van der Waals surface area contributed by atoms with Crippen molar-refractivity contribution in [1.29, 1.82) is 0 Å². The average molecular weight is 396 g/mol. The molecule has 4 nitrogen and oxygen atoms in total. The minimum Gasteiger partial charge on any atom is -0.457 e. The Kier molecular flexibility index (Phi) is 6.44. The summed E-state index contributed by atoms with van der Waals surface area (Å²) in [5.74, 6) is 0.0272. The highest BCUT2D eigenvalue weighted by Crippen LogP contribution is 2.25. The van der Waals surface area contributed by atoms with Gasteiger partial charge in [0.2, 0.25) is 0 Å². The van der Waals surface area contributed by atoms with E-state index in [-0.39, 0.29) is 36.1 Å². The summed E-state index contributed by atoms with van der Waals surface area (Å²) >= 11 is 0. The predicted octanol–water partition coefficient (Wildman–Crippen LogP) is 5.04. The Morgan fingerprint density at radius 1 is 1.10 bits per heavy atom. The highest BCUT2D eigenvalue weighted by Gasteiger charge is 2.16. The van der Waals surface area contributed by atoms with Crippen molar-refractivity contribution >= 4 is 5.91 Å². The molecule has 1 aliphatic carbocycles. The standard InChI is InChI=1S/C23H22F2N2O2/c1-2-16-13-22(26)20(10-11-21(16)25)23(28)27-14-15-4-3-5-19(12-15)29-18-8-6-17(24)7-9-18/h3-12H,2,13-14,26H2,1H3,(H,27,28). The molecular weight excluding hydrogens is 374 g/mol. The number of carbonyl (C=O) groups is 1. The van der Waals surface area contributed by atoms with Gasteiger partial charge in [0.05, 0.1) is 5.57 Å². The minimum atomic E-state index is -0.367. The van der Waals surface area contributed by atoms with E-state index in [0.29, 0.717) is 29.2 Å². The summed E-state index contributed by atoms with van der Waals surface area (Å²) < 4.78 is 32.7. The molecule has 0 radical (unpaired) electrons. The van der Waals surface area contributed by atoms with Gasteiger partial charge in [-0.3, -0.25) is 4.79 Å². The molecule has 0 aromatic heterocycles. The Morgan fingerprint density at radius 2 is 1.86 bits per heavy atom. The number of carbonyl (C=O) groups excluding carboxylic acids is 1.